The minimum Gasteiger partial charge on any atom is -0.497 e. The number of fused-ring (bicyclic) bond motifs is 1. The number of para-hydroxylation sites is 1. The van der Waals surface area contributed by atoms with Gasteiger partial charge >= 0.3 is 0 Å². The zero-order chi connectivity index (χ0) is 25.1. The first-order valence-corrected chi connectivity index (χ1v) is 11.8. The van der Waals surface area contributed by atoms with Gasteiger partial charge in [-0.3, -0.25) is 4.79 Å². The molecule has 0 aliphatic heterocycles. The first kappa shape index (κ1) is 24.2. The number of methoxy groups -OCH3 is 1. The van der Waals surface area contributed by atoms with Crippen LogP contribution in [0.4, 0.5) is 0 Å². The quantitative estimate of drug-likeness (QED) is 0.307. The van der Waals surface area contributed by atoms with Crippen molar-refractivity contribution in [2.24, 2.45) is 5.10 Å². The molecule has 0 bridgehead atoms. The Morgan fingerprint density at radius 3 is 2.51 bits per heavy atom. The molecule has 0 radical (unpaired) electrons. The van der Waals surface area contributed by atoms with E-state index >= 15 is 0 Å². The van der Waals surface area contributed by atoms with Crippen LogP contribution in [0.2, 0.25) is 0 Å². The lowest BCUT2D eigenvalue weighted by atomic mass is 9.96. The molecular formula is C29H31N3O3. The minimum absolute atomic E-state index is 0.215. The number of benzene rings is 3. The predicted octanol–water partition coefficient (Wildman–Crippen LogP) is 6.09. The average Bonchev–Trinajstić information content (AvgIpc) is 2.84. The molecule has 6 heteroatoms. The second-order valence-corrected chi connectivity index (χ2v) is 8.83. The maximum atomic E-state index is 13.6. The number of aromatic nitrogens is 2. The summed E-state index contributed by atoms with van der Waals surface area (Å²) in [6.45, 7) is 10.8. The zero-order valence-electron chi connectivity index (χ0n) is 21.1. The van der Waals surface area contributed by atoms with Crippen LogP contribution in [-0.2, 0) is 0 Å². The van der Waals surface area contributed by atoms with Crippen LogP contribution in [0.5, 0.6) is 11.5 Å². The van der Waals surface area contributed by atoms with Crippen molar-refractivity contribution in [1.82, 2.24) is 9.66 Å². The van der Waals surface area contributed by atoms with Crippen molar-refractivity contribution in [2.45, 2.75) is 40.5 Å². The Bertz CT molecular complexity index is 1470. The molecule has 6 nitrogen and oxygen atoms in total. The summed E-state index contributed by atoms with van der Waals surface area (Å²) in [4.78, 5) is 18.5. The lowest BCUT2D eigenvalue weighted by molar-refractivity contribution is 0.335. The van der Waals surface area contributed by atoms with Crippen molar-refractivity contribution >= 4 is 17.1 Å². The van der Waals surface area contributed by atoms with Gasteiger partial charge in [0.25, 0.3) is 5.56 Å². The summed E-state index contributed by atoms with van der Waals surface area (Å²) in [5.41, 5.74) is 5.19. The van der Waals surface area contributed by atoms with Crippen LogP contribution >= 0.6 is 0 Å². The summed E-state index contributed by atoms with van der Waals surface area (Å²) in [7, 11) is 1.64. The van der Waals surface area contributed by atoms with Crippen molar-refractivity contribution in [3.8, 4) is 22.9 Å². The van der Waals surface area contributed by atoms with E-state index in [1.54, 1.807) is 19.4 Å². The van der Waals surface area contributed by atoms with Gasteiger partial charge in [0.05, 0.1) is 30.8 Å². The summed E-state index contributed by atoms with van der Waals surface area (Å²) in [6, 6.07) is 17.2. The van der Waals surface area contributed by atoms with Crippen LogP contribution < -0.4 is 15.0 Å². The Hall–Kier alpha value is -3.93. The summed E-state index contributed by atoms with van der Waals surface area (Å²) < 4.78 is 12.6. The van der Waals surface area contributed by atoms with E-state index in [1.807, 2.05) is 63.2 Å². The van der Waals surface area contributed by atoms with Gasteiger partial charge in [0.2, 0.25) is 0 Å². The molecule has 0 atom stereocenters. The molecule has 0 N–H and O–H groups in total. The molecule has 35 heavy (non-hydrogen) atoms. The van der Waals surface area contributed by atoms with Gasteiger partial charge < -0.3 is 9.47 Å². The standard InChI is InChI=1S/C29H31N3O3/c1-7-35-27-15-20(5)25(16-24(27)18(2)3)28-31-26-11-9-8-10-23(26)29(33)32(28)30-17-21-12-13-22(34-6)14-19(21)4/h8-18H,7H2,1-6H3. The normalized spacial score (nSPS) is 11.5. The number of hydrogen-bond donors (Lipinski definition) is 0. The molecule has 0 fully saturated rings. The SMILES string of the molecule is CCOc1cc(C)c(-c2nc3ccccc3c(=O)n2N=Cc2ccc(OC)cc2C)cc1C(C)C. The molecule has 0 aliphatic rings. The van der Waals surface area contributed by atoms with Gasteiger partial charge in [-0.15, -0.1) is 0 Å². The first-order chi connectivity index (χ1) is 16.8. The van der Waals surface area contributed by atoms with Crippen molar-refractivity contribution in [1.29, 1.82) is 0 Å². The molecule has 0 amide bonds. The summed E-state index contributed by atoms with van der Waals surface area (Å²) in [6.07, 6.45) is 1.70. The second kappa shape index (κ2) is 10.1. The maximum Gasteiger partial charge on any atom is 0.282 e. The molecule has 1 aromatic heterocycles. The van der Waals surface area contributed by atoms with E-state index in [1.165, 1.54) is 4.68 Å². The monoisotopic (exact) mass is 469 g/mol. The fraction of sp³-hybridized carbons (Fsp3) is 0.276. The van der Waals surface area contributed by atoms with Crippen LogP contribution in [0.25, 0.3) is 22.3 Å². The third-order valence-electron chi connectivity index (χ3n) is 6.06. The predicted molar refractivity (Wildman–Crippen MR) is 142 cm³/mol. The molecule has 0 spiro atoms. The Labute approximate surface area is 205 Å². The highest BCUT2D eigenvalue weighted by Crippen LogP contribution is 2.34. The van der Waals surface area contributed by atoms with Crippen LogP contribution in [-0.4, -0.2) is 29.6 Å². The van der Waals surface area contributed by atoms with E-state index in [4.69, 9.17) is 14.5 Å². The number of nitrogens with zero attached hydrogens (tertiary/aromatic N) is 3. The molecule has 180 valence electrons. The second-order valence-electron chi connectivity index (χ2n) is 8.83. The fourth-order valence-electron chi connectivity index (χ4n) is 4.12. The lowest BCUT2D eigenvalue weighted by Gasteiger charge is -2.18. The van der Waals surface area contributed by atoms with E-state index in [0.29, 0.717) is 23.3 Å². The Morgan fingerprint density at radius 1 is 1.06 bits per heavy atom. The largest absolute Gasteiger partial charge is 0.497 e. The highest BCUT2D eigenvalue weighted by atomic mass is 16.5. The van der Waals surface area contributed by atoms with Crippen molar-refractivity contribution in [3.63, 3.8) is 0 Å². The van der Waals surface area contributed by atoms with Crippen LogP contribution in [0, 0.1) is 13.8 Å². The Morgan fingerprint density at radius 2 is 1.83 bits per heavy atom. The molecule has 1 heterocycles. The summed E-state index contributed by atoms with van der Waals surface area (Å²) >= 11 is 0. The Balaban J connectivity index is 1.96. The van der Waals surface area contributed by atoms with E-state index < -0.39 is 0 Å². The molecule has 0 saturated heterocycles. The van der Waals surface area contributed by atoms with E-state index in [-0.39, 0.29) is 11.5 Å². The van der Waals surface area contributed by atoms with Crippen molar-refractivity contribution in [2.75, 3.05) is 13.7 Å². The van der Waals surface area contributed by atoms with Crippen molar-refractivity contribution in [3.05, 3.63) is 87.2 Å². The minimum atomic E-state index is -0.215. The van der Waals surface area contributed by atoms with Crippen molar-refractivity contribution < 1.29 is 9.47 Å². The van der Waals surface area contributed by atoms with Crippen LogP contribution in [0.3, 0.4) is 0 Å². The third-order valence-corrected chi connectivity index (χ3v) is 6.06. The molecular weight excluding hydrogens is 438 g/mol. The van der Waals surface area contributed by atoms with Gasteiger partial charge in [0, 0.05) is 5.56 Å². The molecule has 3 aromatic carbocycles. The van der Waals surface area contributed by atoms with Crippen LogP contribution in [0.15, 0.2) is 64.5 Å². The highest BCUT2D eigenvalue weighted by Gasteiger charge is 2.18. The molecule has 0 saturated carbocycles. The lowest BCUT2D eigenvalue weighted by Crippen LogP contribution is -2.21. The van der Waals surface area contributed by atoms with E-state index in [2.05, 4.69) is 25.0 Å². The smallest absolute Gasteiger partial charge is 0.282 e. The molecule has 4 rings (SSSR count). The van der Waals surface area contributed by atoms with Gasteiger partial charge in [-0.2, -0.15) is 9.78 Å². The highest BCUT2D eigenvalue weighted by molar-refractivity contribution is 5.83. The summed E-state index contributed by atoms with van der Waals surface area (Å²) in [5.74, 6) is 2.37. The number of aryl methyl sites for hydroxylation is 2. The molecule has 4 aromatic rings. The van der Waals surface area contributed by atoms with Gasteiger partial charge in [0.15, 0.2) is 5.82 Å². The fourth-order valence-corrected chi connectivity index (χ4v) is 4.12. The third kappa shape index (κ3) is 4.83. The summed E-state index contributed by atoms with van der Waals surface area (Å²) in [5, 5.41) is 5.16. The topological polar surface area (TPSA) is 65.7 Å². The first-order valence-electron chi connectivity index (χ1n) is 11.8. The van der Waals surface area contributed by atoms with Gasteiger partial charge in [-0.1, -0.05) is 26.0 Å². The van der Waals surface area contributed by atoms with Crippen LogP contribution in [0.1, 0.15) is 48.9 Å². The zero-order valence-corrected chi connectivity index (χ0v) is 21.1. The molecule has 0 unspecified atom stereocenters. The van der Waals surface area contributed by atoms with Gasteiger partial charge in [0.1, 0.15) is 11.5 Å². The molecule has 0 aliphatic carbocycles. The van der Waals surface area contributed by atoms with E-state index in [9.17, 15) is 4.79 Å². The Kier molecular flexibility index (Phi) is 7.01. The van der Waals surface area contributed by atoms with Gasteiger partial charge in [-0.25, -0.2) is 4.98 Å². The number of rotatable bonds is 7. The number of hydrogen-bond acceptors (Lipinski definition) is 5. The average molecular weight is 470 g/mol. The van der Waals surface area contributed by atoms with E-state index in [0.717, 1.165) is 39.3 Å². The maximum absolute atomic E-state index is 13.6. The van der Waals surface area contributed by atoms with Gasteiger partial charge in [-0.05, 0) is 91.4 Å². The number of ether oxygens (including phenoxy) is 2.